The van der Waals surface area contributed by atoms with Crippen LogP contribution in [0.15, 0.2) is 18.5 Å². The van der Waals surface area contributed by atoms with Gasteiger partial charge in [-0.3, -0.25) is 9.59 Å². The van der Waals surface area contributed by atoms with Gasteiger partial charge in [0.2, 0.25) is 0 Å². The maximum atomic E-state index is 12.6. The van der Waals surface area contributed by atoms with Gasteiger partial charge in [0.05, 0.1) is 10.9 Å². The Labute approximate surface area is 120 Å². The number of halogens is 1. The monoisotopic (exact) mass is 292 g/mol. The Hall–Kier alpha value is -1.88. The van der Waals surface area contributed by atoms with Crippen molar-refractivity contribution in [3.63, 3.8) is 0 Å². The van der Waals surface area contributed by atoms with Crippen molar-refractivity contribution in [2.24, 2.45) is 11.8 Å². The van der Waals surface area contributed by atoms with Crippen molar-refractivity contribution in [1.29, 1.82) is 0 Å². The summed E-state index contributed by atoms with van der Waals surface area (Å²) in [6.45, 7) is 0. The number of hydrogen-bond donors (Lipinski definition) is 2. The van der Waals surface area contributed by atoms with Gasteiger partial charge in [-0.1, -0.05) is 18.0 Å². The van der Waals surface area contributed by atoms with E-state index in [1.165, 1.54) is 0 Å². The van der Waals surface area contributed by atoms with Crippen LogP contribution in [0.25, 0.3) is 11.0 Å². The second-order valence-corrected chi connectivity index (χ2v) is 5.47. The molecule has 0 aliphatic heterocycles. The summed E-state index contributed by atoms with van der Waals surface area (Å²) in [6.07, 6.45) is 5.07. The SMILES string of the molecule is O=C(O)C1CCCC1C(=O)c1c[nH]c2nccc(Cl)c12. The minimum Gasteiger partial charge on any atom is -0.481 e. The molecule has 0 spiro atoms. The van der Waals surface area contributed by atoms with Crippen LogP contribution in [0.4, 0.5) is 0 Å². The molecule has 2 unspecified atom stereocenters. The highest BCUT2D eigenvalue weighted by Crippen LogP contribution is 2.36. The largest absolute Gasteiger partial charge is 0.481 e. The van der Waals surface area contributed by atoms with Gasteiger partial charge in [-0.2, -0.15) is 0 Å². The number of aromatic nitrogens is 2. The Morgan fingerprint density at radius 2 is 2.10 bits per heavy atom. The number of carboxylic acids is 1. The van der Waals surface area contributed by atoms with Gasteiger partial charge in [-0.15, -0.1) is 0 Å². The molecule has 0 saturated heterocycles. The van der Waals surface area contributed by atoms with Crippen LogP contribution >= 0.6 is 11.6 Å². The number of carbonyl (C=O) groups is 2. The molecule has 1 fully saturated rings. The summed E-state index contributed by atoms with van der Waals surface area (Å²) in [6, 6.07) is 1.62. The van der Waals surface area contributed by atoms with E-state index in [4.69, 9.17) is 11.6 Å². The van der Waals surface area contributed by atoms with Crippen LogP contribution in [0.3, 0.4) is 0 Å². The van der Waals surface area contributed by atoms with Crippen molar-refractivity contribution in [1.82, 2.24) is 9.97 Å². The van der Waals surface area contributed by atoms with E-state index in [-0.39, 0.29) is 5.78 Å². The minimum absolute atomic E-state index is 0.156. The van der Waals surface area contributed by atoms with Gasteiger partial charge in [0.1, 0.15) is 5.65 Å². The number of carbonyl (C=O) groups excluding carboxylic acids is 1. The molecule has 0 aromatic carbocycles. The smallest absolute Gasteiger partial charge is 0.307 e. The number of aliphatic carboxylic acids is 1. The van der Waals surface area contributed by atoms with Crippen LogP contribution in [-0.4, -0.2) is 26.8 Å². The molecule has 0 amide bonds. The quantitative estimate of drug-likeness (QED) is 0.852. The lowest BCUT2D eigenvalue weighted by atomic mass is 9.88. The number of carboxylic acid groups (broad SMARTS) is 1. The number of fused-ring (bicyclic) bond motifs is 1. The number of ketones is 1. The van der Waals surface area contributed by atoms with Gasteiger partial charge in [0.25, 0.3) is 0 Å². The predicted molar refractivity (Wildman–Crippen MR) is 73.9 cm³/mol. The molecule has 1 saturated carbocycles. The maximum Gasteiger partial charge on any atom is 0.307 e. The molecule has 0 radical (unpaired) electrons. The molecule has 2 aromatic rings. The Bertz CT molecular complexity index is 695. The summed E-state index contributed by atoms with van der Waals surface area (Å²) >= 11 is 6.12. The first-order valence-corrected chi connectivity index (χ1v) is 6.86. The topological polar surface area (TPSA) is 83.0 Å². The van der Waals surface area contributed by atoms with Crippen LogP contribution in [0.5, 0.6) is 0 Å². The van der Waals surface area contributed by atoms with Gasteiger partial charge >= 0.3 is 5.97 Å². The molecule has 5 nitrogen and oxygen atoms in total. The van der Waals surface area contributed by atoms with Crippen molar-refractivity contribution in [3.8, 4) is 0 Å². The molecule has 2 heterocycles. The Kier molecular flexibility index (Phi) is 3.22. The second-order valence-electron chi connectivity index (χ2n) is 5.07. The number of rotatable bonds is 3. The van der Waals surface area contributed by atoms with E-state index in [2.05, 4.69) is 9.97 Å². The van der Waals surface area contributed by atoms with Crippen LogP contribution < -0.4 is 0 Å². The zero-order valence-electron chi connectivity index (χ0n) is 10.6. The van der Waals surface area contributed by atoms with Crippen LogP contribution in [-0.2, 0) is 4.79 Å². The number of hydrogen-bond acceptors (Lipinski definition) is 3. The van der Waals surface area contributed by atoms with E-state index in [9.17, 15) is 14.7 Å². The molecule has 1 aliphatic carbocycles. The number of nitrogens with one attached hydrogen (secondary N) is 1. The molecule has 104 valence electrons. The lowest BCUT2D eigenvalue weighted by Crippen LogP contribution is -2.25. The van der Waals surface area contributed by atoms with E-state index in [0.717, 1.165) is 6.42 Å². The zero-order chi connectivity index (χ0) is 14.3. The van der Waals surface area contributed by atoms with Crippen molar-refractivity contribution in [3.05, 3.63) is 29.0 Å². The summed E-state index contributed by atoms with van der Waals surface area (Å²) < 4.78 is 0. The highest BCUT2D eigenvalue weighted by atomic mass is 35.5. The summed E-state index contributed by atoms with van der Waals surface area (Å²) in [5.41, 5.74) is 0.988. The summed E-state index contributed by atoms with van der Waals surface area (Å²) in [5, 5.41) is 10.2. The summed E-state index contributed by atoms with van der Waals surface area (Å²) in [4.78, 5) is 30.9. The first-order valence-electron chi connectivity index (χ1n) is 6.48. The fourth-order valence-corrected chi connectivity index (χ4v) is 3.23. The third kappa shape index (κ3) is 1.98. The van der Waals surface area contributed by atoms with Crippen molar-refractivity contribution >= 4 is 34.4 Å². The Morgan fingerprint density at radius 3 is 2.85 bits per heavy atom. The number of aromatic amines is 1. The van der Waals surface area contributed by atoms with Gasteiger partial charge < -0.3 is 10.1 Å². The summed E-state index contributed by atoms with van der Waals surface area (Å²) in [7, 11) is 0. The van der Waals surface area contributed by atoms with E-state index in [1.54, 1.807) is 18.5 Å². The predicted octanol–water partition coefficient (Wildman–Crippen LogP) is 2.90. The average molecular weight is 293 g/mol. The van der Waals surface area contributed by atoms with Gasteiger partial charge in [-0.25, -0.2) is 4.98 Å². The van der Waals surface area contributed by atoms with Gasteiger partial charge in [0, 0.05) is 29.3 Å². The number of pyridine rings is 1. The summed E-state index contributed by atoms with van der Waals surface area (Å²) in [5.74, 6) is -2.12. The Morgan fingerprint density at radius 1 is 1.35 bits per heavy atom. The van der Waals surface area contributed by atoms with Crippen molar-refractivity contribution in [2.75, 3.05) is 0 Å². The van der Waals surface area contributed by atoms with E-state index >= 15 is 0 Å². The normalized spacial score (nSPS) is 22.2. The molecular weight excluding hydrogens is 280 g/mol. The van der Waals surface area contributed by atoms with E-state index in [0.29, 0.717) is 34.5 Å². The molecule has 3 rings (SSSR count). The van der Waals surface area contributed by atoms with Crippen LogP contribution in [0.1, 0.15) is 29.6 Å². The van der Waals surface area contributed by atoms with Crippen molar-refractivity contribution < 1.29 is 14.7 Å². The molecule has 2 N–H and O–H groups in total. The average Bonchev–Trinajstić information content (AvgIpc) is 3.05. The number of nitrogens with zero attached hydrogens (tertiary/aromatic N) is 1. The van der Waals surface area contributed by atoms with Gasteiger partial charge in [0.15, 0.2) is 5.78 Å². The first kappa shape index (κ1) is 13.1. The molecule has 1 aliphatic rings. The second kappa shape index (κ2) is 4.90. The standard InChI is InChI=1S/C14H13ClN2O3/c15-10-4-5-16-13-11(10)9(6-17-13)12(18)7-2-1-3-8(7)14(19)20/h4-8H,1-3H2,(H,16,17)(H,19,20). The minimum atomic E-state index is -0.898. The van der Waals surface area contributed by atoms with Crippen molar-refractivity contribution in [2.45, 2.75) is 19.3 Å². The zero-order valence-corrected chi connectivity index (χ0v) is 11.4. The molecule has 2 aromatic heterocycles. The lowest BCUT2D eigenvalue weighted by Gasteiger charge is -2.13. The molecule has 20 heavy (non-hydrogen) atoms. The maximum absolute atomic E-state index is 12.6. The van der Waals surface area contributed by atoms with Crippen LogP contribution in [0.2, 0.25) is 5.02 Å². The highest BCUT2D eigenvalue weighted by molar-refractivity contribution is 6.36. The molecule has 6 heteroatoms. The highest BCUT2D eigenvalue weighted by Gasteiger charge is 2.38. The number of Topliss-reactive ketones (excluding diaryl/α,β-unsaturated/α-hetero) is 1. The number of H-pyrrole nitrogens is 1. The Balaban J connectivity index is 2.03. The fraction of sp³-hybridized carbons (Fsp3) is 0.357. The molecular formula is C14H13ClN2O3. The fourth-order valence-electron chi connectivity index (χ4n) is 2.98. The molecule has 0 bridgehead atoms. The van der Waals surface area contributed by atoms with E-state index in [1.807, 2.05) is 0 Å². The van der Waals surface area contributed by atoms with Crippen LogP contribution in [0, 0.1) is 11.8 Å². The van der Waals surface area contributed by atoms with E-state index < -0.39 is 17.8 Å². The third-order valence-electron chi connectivity index (χ3n) is 3.96. The third-order valence-corrected chi connectivity index (χ3v) is 4.27. The lowest BCUT2D eigenvalue weighted by molar-refractivity contribution is -0.142. The first-order chi connectivity index (χ1) is 9.59. The van der Waals surface area contributed by atoms with Gasteiger partial charge in [-0.05, 0) is 18.9 Å². The molecule has 2 atom stereocenters.